The minimum absolute atomic E-state index is 0.869. The maximum atomic E-state index is 9.70. The van der Waals surface area contributed by atoms with Gasteiger partial charge in [0.1, 0.15) is 0 Å². The second kappa shape index (κ2) is 5.90. The second-order valence-electron chi connectivity index (χ2n) is 2.32. The first-order valence-corrected chi connectivity index (χ1v) is 5.03. The van der Waals surface area contributed by atoms with Gasteiger partial charge in [0.05, 0.1) is 0 Å². The van der Waals surface area contributed by atoms with Crippen LogP contribution in [0.15, 0.2) is 0 Å². The van der Waals surface area contributed by atoms with Crippen molar-refractivity contribution in [2.75, 3.05) is 13.2 Å². The molecule has 13 heavy (non-hydrogen) atoms. The highest BCUT2D eigenvalue weighted by Gasteiger charge is 2.06. The van der Waals surface area contributed by atoms with E-state index in [2.05, 4.69) is 4.18 Å². The van der Waals surface area contributed by atoms with Gasteiger partial charge in [-0.05, 0) is 12.8 Å². The van der Waals surface area contributed by atoms with Gasteiger partial charge in [-0.3, -0.25) is 9.35 Å². The minimum Gasteiger partial charge on any atom is -0.381 e. The van der Waals surface area contributed by atoms with Gasteiger partial charge in [0.15, 0.2) is 0 Å². The molecule has 1 N–H and O–H groups in total. The van der Waals surface area contributed by atoms with Gasteiger partial charge in [0.25, 0.3) is 0 Å². The molecule has 0 aromatic rings. The maximum absolute atomic E-state index is 9.70. The molecule has 0 aromatic carbocycles. The summed E-state index contributed by atoms with van der Waals surface area (Å²) in [5, 5.41) is 0. The Bertz CT molecular complexity index is 232. The van der Waals surface area contributed by atoms with E-state index < -0.39 is 16.4 Å². The third-order valence-corrected chi connectivity index (χ3v) is 1.50. The van der Waals surface area contributed by atoms with Crippen LogP contribution in [-0.2, 0) is 24.1 Å². The molecule has 0 aromatic heterocycles. The van der Waals surface area contributed by atoms with Crippen LogP contribution in [0.5, 0.6) is 0 Å². The smallest absolute Gasteiger partial charge is 0.381 e. The zero-order chi connectivity index (χ0) is 10.3. The molecule has 1 aliphatic heterocycles. The Balaban J connectivity index is 0.000000243. The largest absolute Gasteiger partial charge is 0.448 e. The van der Waals surface area contributed by atoms with Crippen LogP contribution in [0.25, 0.3) is 0 Å². The molecule has 0 bridgehead atoms. The molecule has 78 valence electrons. The predicted molar refractivity (Wildman–Crippen MR) is 43.4 cm³/mol. The van der Waals surface area contributed by atoms with E-state index in [1.54, 1.807) is 0 Å². The molecule has 1 saturated heterocycles. The summed E-state index contributed by atoms with van der Waals surface area (Å²) < 4.78 is 35.1. The summed E-state index contributed by atoms with van der Waals surface area (Å²) in [6, 6.07) is 0. The van der Waals surface area contributed by atoms with Crippen LogP contribution in [0.3, 0.4) is 0 Å². The van der Waals surface area contributed by atoms with E-state index in [0.29, 0.717) is 0 Å². The van der Waals surface area contributed by atoms with Gasteiger partial charge < -0.3 is 8.92 Å². The van der Waals surface area contributed by atoms with E-state index in [1.165, 1.54) is 12.8 Å². The Hall–Kier alpha value is -0.660. The van der Waals surface area contributed by atoms with Crippen LogP contribution in [0.2, 0.25) is 0 Å². The molecule has 0 spiro atoms. The molecule has 0 atom stereocenters. The van der Waals surface area contributed by atoms with Crippen LogP contribution >= 0.6 is 0 Å². The van der Waals surface area contributed by atoms with Gasteiger partial charge in [0.2, 0.25) is 0 Å². The first-order chi connectivity index (χ1) is 5.92. The molecular formula is C6H12O6S. The zero-order valence-electron chi connectivity index (χ0n) is 7.23. The van der Waals surface area contributed by atoms with Crippen molar-refractivity contribution in [2.24, 2.45) is 0 Å². The second-order valence-corrected chi connectivity index (χ2v) is 3.34. The predicted octanol–water partition coefficient (Wildman–Crippen LogP) is 0.149. The summed E-state index contributed by atoms with van der Waals surface area (Å²) in [5.74, 6) is -1.06. The number of carbonyl (C=O) groups is 1. The van der Waals surface area contributed by atoms with Crippen molar-refractivity contribution < 1.29 is 26.7 Å². The van der Waals surface area contributed by atoms with E-state index in [4.69, 9.17) is 9.29 Å². The van der Waals surface area contributed by atoms with Crippen LogP contribution < -0.4 is 0 Å². The summed E-state index contributed by atoms with van der Waals surface area (Å²) in [5.41, 5.74) is 0. The Labute approximate surface area is 76.8 Å². The third-order valence-electron chi connectivity index (χ3n) is 1.05. The Morgan fingerprint density at radius 3 is 1.92 bits per heavy atom. The molecule has 0 unspecified atom stereocenters. The van der Waals surface area contributed by atoms with Crippen molar-refractivity contribution >= 4 is 16.4 Å². The first kappa shape index (κ1) is 12.3. The SMILES string of the molecule is C1CCOC1.CC(=O)OS(=O)(=O)O. The molecule has 6 nitrogen and oxygen atoms in total. The lowest BCUT2D eigenvalue weighted by molar-refractivity contribution is -0.131. The normalized spacial score (nSPS) is 15.8. The van der Waals surface area contributed by atoms with Crippen LogP contribution in [0, 0.1) is 0 Å². The Morgan fingerprint density at radius 2 is 1.85 bits per heavy atom. The lowest BCUT2D eigenvalue weighted by Crippen LogP contribution is -2.07. The summed E-state index contributed by atoms with van der Waals surface area (Å²) in [6.45, 7) is 2.87. The topological polar surface area (TPSA) is 89.9 Å². The maximum Gasteiger partial charge on any atom is 0.448 e. The van der Waals surface area contributed by atoms with E-state index in [1.807, 2.05) is 0 Å². The van der Waals surface area contributed by atoms with Crippen LogP contribution in [0.1, 0.15) is 19.8 Å². The van der Waals surface area contributed by atoms with Crippen molar-refractivity contribution in [1.82, 2.24) is 0 Å². The van der Waals surface area contributed by atoms with Gasteiger partial charge in [-0.1, -0.05) is 0 Å². The monoisotopic (exact) mass is 212 g/mol. The lowest BCUT2D eigenvalue weighted by Gasteiger charge is -1.90. The minimum atomic E-state index is -4.57. The molecule has 0 saturated carbocycles. The fourth-order valence-electron chi connectivity index (χ4n) is 0.659. The molecule has 7 heteroatoms. The van der Waals surface area contributed by atoms with Crippen LogP contribution in [0.4, 0.5) is 0 Å². The number of rotatable bonds is 1. The van der Waals surface area contributed by atoms with Crippen molar-refractivity contribution in [2.45, 2.75) is 19.8 Å². The fourth-order valence-corrected chi connectivity index (χ4v) is 0.955. The molecular weight excluding hydrogens is 200 g/mol. The quantitative estimate of drug-likeness (QED) is 0.622. The molecule has 1 rings (SSSR count). The number of hydrogen-bond acceptors (Lipinski definition) is 5. The van der Waals surface area contributed by atoms with E-state index in [0.717, 1.165) is 20.1 Å². The highest BCUT2D eigenvalue weighted by Crippen LogP contribution is 1.98. The Morgan fingerprint density at radius 1 is 1.38 bits per heavy atom. The molecule has 1 fully saturated rings. The Kier molecular flexibility index (Phi) is 5.60. The van der Waals surface area contributed by atoms with Gasteiger partial charge in [-0.2, -0.15) is 8.42 Å². The molecule has 0 amide bonds. The van der Waals surface area contributed by atoms with Crippen molar-refractivity contribution in [3.63, 3.8) is 0 Å². The van der Waals surface area contributed by atoms with Crippen LogP contribution in [-0.4, -0.2) is 32.2 Å². The molecule has 1 aliphatic rings. The average Bonchev–Trinajstić information content (AvgIpc) is 2.33. The molecule has 0 aliphatic carbocycles. The van der Waals surface area contributed by atoms with Gasteiger partial charge in [0, 0.05) is 20.1 Å². The lowest BCUT2D eigenvalue weighted by atomic mass is 10.4. The number of hydrogen-bond donors (Lipinski definition) is 1. The summed E-state index contributed by atoms with van der Waals surface area (Å²) in [6.07, 6.45) is 2.56. The van der Waals surface area contributed by atoms with E-state index in [-0.39, 0.29) is 0 Å². The molecule has 1 heterocycles. The van der Waals surface area contributed by atoms with Gasteiger partial charge >= 0.3 is 16.4 Å². The van der Waals surface area contributed by atoms with Crippen molar-refractivity contribution in [3.05, 3.63) is 0 Å². The summed E-state index contributed by atoms with van der Waals surface area (Å²) >= 11 is 0. The number of carbonyl (C=O) groups excluding carboxylic acids is 1. The highest BCUT2D eigenvalue weighted by atomic mass is 32.3. The number of ether oxygens (including phenoxy) is 1. The molecule has 0 radical (unpaired) electrons. The summed E-state index contributed by atoms with van der Waals surface area (Å²) in [7, 11) is -4.57. The first-order valence-electron chi connectivity index (χ1n) is 3.67. The van der Waals surface area contributed by atoms with Crippen molar-refractivity contribution in [3.8, 4) is 0 Å². The van der Waals surface area contributed by atoms with Crippen molar-refractivity contribution in [1.29, 1.82) is 0 Å². The third kappa shape index (κ3) is 11.3. The average molecular weight is 212 g/mol. The van der Waals surface area contributed by atoms with Gasteiger partial charge in [-0.25, -0.2) is 0 Å². The highest BCUT2D eigenvalue weighted by molar-refractivity contribution is 7.81. The fraction of sp³-hybridized carbons (Fsp3) is 0.833. The van der Waals surface area contributed by atoms with Gasteiger partial charge in [-0.15, -0.1) is 0 Å². The van der Waals surface area contributed by atoms with E-state index in [9.17, 15) is 13.2 Å². The van der Waals surface area contributed by atoms with E-state index >= 15 is 0 Å². The zero-order valence-corrected chi connectivity index (χ0v) is 8.04. The standard InChI is InChI=1S/C4H8O.C2H4O5S/c1-2-4-5-3-1;1-2(3)7-8(4,5)6/h1-4H2;1H3,(H,4,5,6). The summed E-state index contributed by atoms with van der Waals surface area (Å²) in [4.78, 5) is 9.70.